The van der Waals surface area contributed by atoms with Gasteiger partial charge in [0.2, 0.25) is 15.9 Å². The van der Waals surface area contributed by atoms with E-state index < -0.39 is 10.0 Å². The minimum absolute atomic E-state index is 0.0111. The molecule has 2 rings (SSSR count). The number of sulfonamides is 1. The van der Waals surface area contributed by atoms with Crippen molar-refractivity contribution in [2.75, 3.05) is 13.1 Å². The van der Waals surface area contributed by atoms with Gasteiger partial charge in [-0.15, -0.1) is 0 Å². The average molecular weight is 403 g/mol. The molecule has 0 saturated heterocycles. The monoisotopic (exact) mass is 402 g/mol. The van der Waals surface area contributed by atoms with E-state index in [1.807, 2.05) is 0 Å². The summed E-state index contributed by atoms with van der Waals surface area (Å²) in [6.45, 7) is 0.481. The molecule has 1 amide bonds. The third-order valence-electron chi connectivity index (χ3n) is 4.06. The number of amides is 1. The molecule has 7 heteroatoms. The zero-order valence-electron chi connectivity index (χ0n) is 13.1. The molecule has 0 radical (unpaired) electrons. The fourth-order valence-corrected chi connectivity index (χ4v) is 4.89. The maximum atomic E-state index is 12.2. The van der Waals surface area contributed by atoms with Crippen LogP contribution in [0.3, 0.4) is 0 Å². The molecule has 23 heavy (non-hydrogen) atoms. The molecule has 0 aliphatic heterocycles. The number of hydrogen-bond acceptors (Lipinski definition) is 3. The van der Waals surface area contributed by atoms with Crippen LogP contribution in [0.15, 0.2) is 33.6 Å². The molecule has 0 spiro atoms. The van der Waals surface area contributed by atoms with Crippen molar-refractivity contribution in [3.8, 4) is 0 Å². The van der Waals surface area contributed by atoms with Crippen LogP contribution in [0.25, 0.3) is 0 Å². The zero-order chi connectivity index (χ0) is 16.7. The van der Waals surface area contributed by atoms with Crippen molar-refractivity contribution in [1.29, 1.82) is 0 Å². The Balaban J connectivity index is 1.72. The van der Waals surface area contributed by atoms with Crippen LogP contribution in [0.4, 0.5) is 0 Å². The number of hydrogen-bond donors (Lipinski definition) is 2. The highest BCUT2D eigenvalue weighted by atomic mass is 79.9. The van der Waals surface area contributed by atoms with Gasteiger partial charge in [-0.25, -0.2) is 13.1 Å². The van der Waals surface area contributed by atoms with Crippen LogP contribution in [-0.4, -0.2) is 27.4 Å². The molecule has 0 aromatic heterocycles. The van der Waals surface area contributed by atoms with Crippen LogP contribution in [0.2, 0.25) is 0 Å². The number of halogens is 1. The lowest BCUT2D eigenvalue weighted by Gasteiger charge is -2.20. The Kier molecular flexibility index (Phi) is 7.05. The molecule has 5 nitrogen and oxygen atoms in total. The van der Waals surface area contributed by atoms with E-state index in [-0.39, 0.29) is 17.3 Å². The molecule has 1 saturated carbocycles. The summed E-state index contributed by atoms with van der Waals surface area (Å²) in [4.78, 5) is 12.1. The summed E-state index contributed by atoms with van der Waals surface area (Å²) in [5.41, 5.74) is 0. The van der Waals surface area contributed by atoms with Crippen molar-refractivity contribution >= 4 is 31.9 Å². The second kappa shape index (κ2) is 8.80. The van der Waals surface area contributed by atoms with Gasteiger partial charge in [-0.3, -0.25) is 4.79 Å². The molecular weight excluding hydrogens is 380 g/mol. The van der Waals surface area contributed by atoms with Crippen molar-refractivity contribution < 1.29 is 13.2 Å². The Bertz CT molecular complexity index is 628. The summed E-state index contributed by atoms with van der Waals surface area (Å²) in [7, 11) is -3.56. The Morgan fingerprint density at radius 1 is 1.13 bits per heavy atom. The highest BCUT2D eigenvalue weighted by molar-refractivity contribution is 9.10. The smallest absolute Gasteiger partial charge is 0.241 e. The predicted octanol–water partition coefficient (Wildman–Crippen LogP) is 2.81. The van der Waals surface area contributed by atoms with Gasteiger partial charge in [0.15, 0.2) is 0 Å². The van der Waals surface area contributed by atoms with Gasteiger partial charge in [0.25, 0.3) is 0 Å². The lowest BCUT2D eigenvalue weighted by Crippen LogP contribution is -2.35. The van der Waals surface area contributed by atoms with Crippen LogP contribution in [0.5, 0.6) is 0 Å². The average Bonchev–Trinajstić information content (AvgIpc) is 2.53. The van der Waals surface area contributed by atoms with Gasteiger partial charge in [0.05, 0.1) is 4.90 Å². The summed E-state index contributed by atoms with van der Waals surface area (Å²) in [6.07, 6.45) is 6.50. The highest BCUT2D eigenvalue weighted by Gasteiger charge is 2.18. The van der Waals surface area contributed by atoms with E-state index in [0.717, 1.165) is 12.8 Å². The zero-order valence-corrected chi connectivity index (χ0v) is 15.5. The number of carbonyl (C=O) groups excluding carboxylic acids is 1. The first-order valence-electron chi connectivity index (χ1n) is 8.00. The van der Waals surface area contributed by atoms with E-state index in [9.17, 15) is 13.2 Å². The fraction of sp³-hybridized carbons (Fsp3) is 0.562. The van der Waals surface area contributed by atoms with E-state index in [1.54, 1.807) is 18.2 Å². The van der Waals surface area contributed by atoms with Crippen LogP contribution in [0, 0.1) is 5.92 Å². The van der Waals surface area contributed by atoms with E-state index >= 15 is 0 Å². The molecule has 0 bridgehead atoms. The first kappa shape index (κ1) is 18.4. The van der Waals surface area contributed by atoms with Gasteiger partial charge in [0, 0.05) is 24.0 Å². The summed E-state index contributed by atoms with van der Waals surface area (Å²) in [5, 5.41) is 2.79. The topological polar surface area (TPSA) is 75.3 Å². The largest absolute Gasteiger partial charge is 0.355 e. The van der Waals surface area contributed by atoms with Crippen molar-refractivity contribution in [1.82, 2.24) is 10.0 Å². The number of carbonyl (C=O) groups is 1. The van der Waals surface area contributed by atoms with Gasteiger partial charge < -0.3 is 5.32 Å². The van der Waals surface area contributed by atoms with Gasteiger partial charge in [0.1, 0.15) is 0 Å². The minimum atomic E-state index is -3.56. The summed E-state index contributed by atoms with van der Waals surface area (Å²) < 4.78 is 27.3. The quantitative estimate of drug-likeness (QED) is 0.688. The molecule has 1 aromatic rings. The van der Waals surface area contributed by atoms with Gasteiger partial charge in [-0.1, -0.05) is 31.4 Å². The molecule has 1 aliphatic rings. The van der Waals surface area contributed by atoms with Gasteiger partial charge >= 0.3 is 0 Å². The third-order valence-corrected chi connectivity index (χ3v) is 6.54. The summed E-state index contributed by atoms with van der Waals surface area (Å²) in [5.74, 6) is 0.498. The Morgan fingerprint density at radius 3 is 2.52 bits per heavy atom. The Hall–Kier alpha value is -0.920. The second-order valence-electron chi connectivity index (χ2n) is 5.89. The Labute approximate surface area is 146 Å². The molecule has 0 heterocycles. The lowest BCUT2D eigenvalue weighted by atomic mass is 9.87. The molecule has 2 N–H and O–H groups in total. The maximum Gasteiger partial charge on any atom is 0.241 e. The number of rotatable bonds is 7. The minimum Gasteiger partial charge on any atom is -0.355 e. The van der Waals surface area contributed by atoms with E-state index in [4.69, 9.17) is 0 Å². The van der Waals surface area contributed by atoms with Crippen molar-refractivity contribution in [2.24, 2.45) is 5.92 Å². The van der Waals surface area contributed by atoms with Crippen molar-refractivity contribution in [2.45, 2.75) is 43.4 Å². The van der Waals surface area contributed by atoms with E-state index in [2.05, 4.69) is 26.0 Å². The fourth-order valence-electron chi connectivity index (χ4n) is 2.85. The summed E-state index contributed by atoms with van der Waals surface area (Å²) in [6, 6.07) is 6.65. The molecule has 0 atom stereocenters. The number of benzene rings is 1. The molecule has 1 aliphatic carbocycles. The summed E-state index contributed by atoms with van der Waals surface area (Å²) >= 11 is 3.23. The lowest BCUT2D eigenvalue weighted by molar-refractivity contribution is -0.122. The van der Waals surface area contributed by atoms with Crippen molar-refractivity contribution in [3.05, 3.63) is 28.7 Å². The van der Waals surface area contributed by atoms with Crippen LogP contribution >= 0.6 is 15.9 Å². The first-order valence-corrected chi connectivity index (χ1v) is 10.3. The molecular formula is C16H23BrN2O3S. The number of nitrogens with one attached hydrogen (secondary N) is 2. The van der Waals surface area contributed by atoms with Gasteiger partial charge in [-0.2, -0.15) is 0 Å². The predicted molar refractivity (Wildman–Crippen MR) is 93.5 cm³/mol. The van der Waals surface area contributed by atoms with Gasteiger partial charge in [-0.05, 0) is 46.8 Å². The SMILES string of the molecule is O=C(CC1CCCCC1)NCCNS(=O)(=O)c1ccccc1Br. The van der Waals surface area contributed by atoms with E-state index in [1.165, 1.54) is 25.3 Å². The molecule has 128 valence electrons. The molecule has 1 aromatic carbocycles. The van der Waals surface area contributed by atoms with E-state index in [0.29, 0.717) is 23.4 Å². The Morgan fingerprint density at radius 2 is 1.83 bits per heavy atom. The second-order valence-corrected chi connectivity index (χ2v) is 8.48. The third kappa shape index (κ3) is 5.90. The maximum absolute atomic E-state index is 12.2. The molecule has 0 unspecified atom stereocenters. The van der Waals surface area contributed by atoms with Crippen molar-refractivity contribution in [3.63, 3.8) is 0 Å². The van der Waals surface area contributed by atoms with Crippen LogP contribution in [0.1, 0.15) is 38.5 Å². The standard InChI is InChI=1S/C16H23BrN2O3S/c17-14-8-4-5-9-15(14)23(21,22)19-11-10-18-16(20)12-13-6-2-1-3-7-13/h4-5,8-9,13,19H,1-3,6-7,10-12H2,(H,18,20). The van der Waals surface area contributed by atoms with Crippen LogP contribution in [-0.2, 0) is 14.8 Å². The molecule has 1 fully saturated rings. The normalized spacial score (nSPS) is 16.2. The first-order chi connectivity index (χ1) is 11.0. The highest BCUT2D eigenvalue weighted by Crippen LogP contribution is 2.26. The van der Waals surface area contributed by atoms with Crippen LogP contribution < -0.4 is 10.0 Å².